The van der Waals surface area contributed by atoms with Gasteiger partial charge in [0.15, 0.2) is 0 Å². The number of thioether (sulfide) groups is 1. The van der Waals surface area contributed by atoms with Crippen molar-refractivity contribution in [1.29, 1.82) is 0 Å². The van der Waals surface area contributed by atoms with Gasteiger partial charge in [0.1, 0.15) is 5.82 Å². The van der Waals surface area contributed by atoms with E-state index in [2.05, 4.69) is 0 Å². The molecule has 21 heavy (non-hydrogen) atoms. The first-order chi connectivity index (χ1) is 10.2. The van der Waals surface area contributed by atoms with E-state index in [4.69, 9.17) is 4.74 Å². The van der Waals surface area contributed by atoms with Crippen molar-refractivity contribution >= 4 is 11.8 Å². The number of aliphatic hydroxyl groups excluding tert-OH is 1. The van der Waals surface area contributed by atoms with E-state index >= 15 is 0 Å². The molecule has 4 heteroatoms. The summed E-state index contributed by atoms with van der Waals surface area (Å²) in [5, 5.41) is 10.5. The van der Waals surface area contributed by atoms with Gasteiger partial charge in [-0.15, -0.1) is 11.8 Å². The highest BCUT2D eigenvalue weighted by atomic mass is 32.2. The molecule has 1 saturated carbocycles. The van der Waals surface area contributed by atoms with Crippen molar-refractivity contribution in [3.8, 4) is 0 Å². The van der Waals surface area contributed by atoms with Crippen molar-refractivity contribution in [2.45, 2.75) is 55.1 Å². The van der Waals surface area contributed by atoms with Crippen LogP contribution >= 0.6 is 11.8 Å². The average Bonchev–Trinajstić information content (AvgIpc) is 2.94. The molecule has 2 unspecified atom stereocenters. The molecule has 1 aliphatic heterocycles. The first-order valence-corrected chi connectivity index (χ1v) is 8.86. The molecule has 0 amide bonds. The molecular formula is C17H23FO2S. The fourth-order valence-corrected chi connectivity index (χ4v) is 4.64. The Kier molecular flexibility index (Phi) is 4.87. The fraction of sp³-hybridized carbons (Fsp3) is 0.647. The van der Waals surface area contributed by atoms with Crippen molar-refractivity contribution in [3.05, 3.63) is 30.1 Å². The van der Waals surface area contributed by atoms with Gasteiger partial charge >= 0.3 is 0 Å². The Morgan fingerprint density at radius 3 is 2.86 bits per heavy atom. The predicted molar refractivity (Wildman–Crippen MR) is 83.0 cm³/mol. The van der Waals surface area contributed by atoms with Crippen LogP contribution in [0.3, 0.4) is 0 Å². The van der Waals surface area contributed by atoms with Crippen LogP contribution in [0.25, 0.3) is 0 Å². The molecule has 1 aromatic carbocycles. The van der Waals surface area contributed by atoms with Gasteiger partial charge in [-0.1, -0.05) is 25.0 Å². The lowest BCUT2D eigenvalue weighted by Gasteiger charge is -2.40. The van der Waals surface area contributed by atoms with Crippen molar-refractivity contribution in [3.63, 3.8) is 0 Å². The Balaban J connectivity index is 1.55. The summed E-state index contributed by atoms with van der Waals surface area (Å²) < 4.78 is 19.6. The quantitative estimate of drug-likeness (QED) is 0.852. The molecule has 1 saturated heterocycles. The van der Waals surface area contributed by atoms with Gasteiger partial charge < -0.3 is 9.84 Å². The van der Waals surface area contributed by atoms with Crippen LogP contribution in [0.5, 0.6) is 0 Å². The monoisotopic (exact) mass is 310 g/mol. The van der Waals surface area contributed by atoms with Crippen LogP contribution in [0, 0.1) is 11.7 Å². The maximum Gasteiger partial charge on any atom is 0.136 e. The van der Waals surface area contributed by atoms with E-state index < -0.39 is 0 Å². The van der Waals surface area contributed by atoms with E-state index in [1.807, 2.05) is 6.07 Å². The molecule has 1 aliphatic carbocycles. The van der Waals surface area contributed by atoms with Crippen LogP contribution in [0.2, 0.25) is 0 Å². The second kappa shape index (κ2) is 6.67. The Hall–Kier alpha value is -0.580. The molecule has 3 rings (SSSR count). The minimum absolute atomic E-state index is 0.0343. The van der Waals surface area contributed by atoms with Gasteiger partial charge in [-0.25, -0.2) is 4.39 Å². The lowest BCUT2D eigenvalue weighted by atomic mass is 9.82. The summed E-state index contributed by atoms with van der Waals surface area (Å²) in [7, 11) is 0. The van der Waals surface area contributed by atoms with Crippen LogP contribution < -0.4 is 0 Å². The highest BCUT2D eigenvalue weighted by Gasteiger charge is 2.41. The van der Waals surface area contributed by atoms with Gasteiger partial charge in [0.25, 0.3) is 0 Å². The number of hydrogen-bond donors (Lipinski definition) is 1. The van der Waals surface area contributed by atoms with Gasteiger partial charge in [-0.05, 0) is 43.7 Å². The van der Waals surface area contributed by atoms with E-state index in [0.29, 0.717) is 10.6 Å². The molecule has 2 fully saturated rings. The third kappa shape index (κ3) is 3.61. The third-order valence-corrected chi connectivity index (χ3v) is 5.99. The molecule has 2 nitrogen and oxygen atoms in total. The first-order valence-electron chi connectivity index (χ1n) is 7.88. The fourth-order valence-electron chi connectivity index (χ4n) is 3.63. The van der Waals surface area contributed by atoms with E-state index in [0.717, 1.165) is 32.3 Å². The van der Waals surface area contributed by atoms with Crippen LogP contribution in [0.15, 0.2) is 29.2 Å². The highest BCUT2D eigenvalue weighted by Crippen LogP contribution is 2.43. The Morgan fingerprint density at radius 1 is 1.33 bits per heavy atom. The molecule has 2 atom stereocenters. The van der Waals surface area contributed by atoms with E-state index in [9.17, 15) is 9.50 Å². The van der Waals surface area contributed by atoms with Crippen molar-refractivity contribution in [1.82, 2.24) is 0 Å². The van der Waals surface area contributed by atoms with Gasteiger partial charge in [-0.3, -0.25) is 0 Å². The van der Waals surface area contributed by atoms with Gasteiger partial charge in [0.05, 0.1) is 11.7 Å². The molecule has 0 radical (unpaired) electrons. The standard InChI is InChI=1S/C17H23FO2S/c18-14-5-1-2-6-16(14)21-12-15(19)13-7-10-20-17(11-13)8-3-4-9-17/h1-2,5-6,13,15,19H,3-4,7-12H2. The number of benzene rings is 1. The van der Waals surface area contributed by atoms with E-state index in [-0.39, 0.29) is 23.4 Å². The molecule has 1 N–H and O–H groups in total. The number of aliphatic hydroxyl groups is 1. The Morgan fingerprint density at radius 2 is 2.10 bits per heavy atom. The summed E-state index contributed by atoms with van der Waals surface area (Å²) in [5.74, 6) is 0.645. The molecule has 2 aliphatic rings. The minimum Gasteiger partial charge on any atom is -0.392 e. The summed E-state index contributed by atoms with van der Waals surface area (Å²) in [5.41, 5.74) is 0.0343. The zero-order valence-corrected chi connectivity index (χ0v) is 13.1. The van der Waals surface area contributed by atoms with E-state index in [1.165, 1.54) is 30.7 Å². The molecule has 1 heterocycles. The van der Waals surface area contributed by atoms with Crippen molar-refractivity contribution in [2.75, 3.05) is 12.4 Å². The summed E-state index contributed by atoms with van der Waals surface area (Å²) in [6.45, 7) is 0.756. The second-order valence-electron chi connectivity index (χ2n) is 6.30. The summed E-state index contributed by atoms with van der Waals surface area (Å²) in [6, 6.07) is 6.77. The highest BCUT2D eigenvalue weighted by molar-refractivity contribution is 7.99. The zero-order chi connectivity index (χ0) is 14.7. The zero-order valence-electron chi connectivity index (χ0n) is 12.3. The van der Waals surface area contributed by atoms with Crippen molar-refractivity contribution < 1.29 is 14.2 Å². The maximum atomic E-state index is 13.6. The maximum absolute atomic E-state index is 13.6. The number of halogens is 1. The van der Waals surface area contributed by atoms with Gasteiger partial charge in [0, 0.05) is 17.3 Å². The lowest BCUT2D eigenvalue weighted by Crippen LogP contribution is -2.41. The molecule has 0 bridgehead atoms. The van der Waals surface area contributed by atoms with Crippen LogP contribution in [0.1, 0.15) is 38.5 Å². The minimum atomic E-state index is -0.379. The third-order valence-electron chi connectivity index (χ3n) is 4.84. The first kappa shape index (κ1) is 15.3. The van der Waals surface area contributed by atoms with Crippen LogP contribution in [0.4, 0.5) is 4.39 Å². The molecule has 1 spiro atoms. The van der Waals surface area contributed by atoms with Gasteiger partial charge in [-0.2, -0.15) is 0 Å². The molecule has 116 valence electrons. The largest absolute Gasteiger partial charge is 0.392 e. The normalized spacial score (nSPS) is 26.1. The summed E-state index contributed by atoms with van der Waals surface area (Å²) in [6.07, 6.45) is 6.26. The topological polar surface area (TPSA) is 29.5 Å². The molecule has 1 aromatic rings. The summed E-state index contributed by atoms with van der Waals surface area (Å²) in [4.78, 5) is 0.624. The number of rotatable bonds is 4. The summed E-state index contributed by atoms with van der Waals surface area (Å²) >= 11 is 1.41. The number of ether oxygens (including phenoxy) is 1. The Labute approximate surface area is 130 Å². The van der Waals surface area contributed by atoms with Crippen LogP contribution in [-0.4, -0.2) is 29.2 Å². The smallest absolute Gasteiger partial charge is 0.136 e. The predicted octanol–water partition coefficient (Wildman–Crippen LogP) is 4.02. The SMILES string of the molecule is OC(CSc1ccccc1F)C1CCOC2(CCCC2)C1. The molecular weight excluding hydrogens is 287 g/mol. The van der Waals surface area contributed by atoms with E-state index in [1.54, 1.807) is 12.1 Å². The second-order valence-corrected chi connectivity index (χ2v) is 7.36. The Bertz CT molecular complexity index is 474. The van der Waals surface area contributed by atoms with Crippen molar-refractivity contribution in [2.24, 2.45) is 5.92 Å². The van der Waals surface area contributed by atoms with Crippen LogP contribution in [-0.2, 0) is 4.74 Å². The van der Waals surface area contributed by atoms with Gasteiger partial charge in [0.2, 0.25) is 0 Å². The molecule has 0 aromatic heterocycles. The average molecular weight is 310 g/mol. The lowest BCUT2D eigenvalue weighted by molar-refractivity contribution is -0.109. The number of hydrogen-bond acceptors (Lipinski definition) is 3.